The van der Waals surface area contributed by atoms with Gasteiger partial charge in [0.05, 0.1) is 5.01 Å². The molecule has 1 fully saturated rings. The second kappa shape index (κ2) is 5.40. The lowest BCUT2D eigenvalue weighted by Gasteiger charge is -2.26. The number of carbonyl (C=O) groups is 2. The summed E-state index contributed by atoms with van der Waals surface area (Å²) in [5, 5.41) is 12.0. The van der Waals surface area contributed by atoms with Gasteiger partial charge in [-0.2, -0.15) is 0 Å². The van der Waals surface area contributed by atoms with Crippen LogP contribution in [-0.4, -0.2) is 45.2 Å². The minimum Gasteiger partial charge on any atom is -0.480 e. The van der Waals surface area contributed by atoms with E-state index in [1.165, 1.54) is 16.2 Å². The van der Waals surface area contributed by atoms with Crippen LogP contribution in [0.1, 0.15) is 38.1 Å². The quantitative estimate of drug-likeness (QED) is 0.906. The number of aromatic nitrogens is 1. The molecule has 1 aliphatic heterocycles. The van der Waals surface area contributed by atoms with Crippen molar-refractivity contribution in [3.8, 4) is 0 Å². The Kier molecular flexibility index (Phi) is 3.99. The summed E-state index contributed by atoms with van der Waals surface area (Å²) in [6.45, 7) is 5.61. The standard InChI is InChI=1S/C13H18N2O4S/c1-13(2,3)19-12(18)15-7-8(6-9(15)11(16)17)10-14-4-5-20-10/h4-5,8-9H,6-7H2,1-3H3,(H,16,17). The number of thiazole rings is 1. The molecule has 0 bridgehead atoms. The van der Waals surface area contributed by atoms with Crippen LogP contribution in [0.25, 0.3) is 0 Å². The monoisotopic (exact) mass is 298 g/mol. The Hall–Kier alpha value is -1.63. The lowest BCUT2D eigenvalue weighted by Crippen LogP contribution is -2.43. The second-order valence-corrected chi connectivity index (χ2v) is 6.72. The number of ether oxygens (including phenoxy) is 1. The van der Waals surface area contributed by atoms with Gasteiger partial charge < -0.3 is 9.84 Å². The molecule has 2 unspecified atom stereocenters. The van der Waals surface area contributed by atoms with Crippen LogP contribution in [0, 0.1) is 0 Å². The first-order valence-corrected chi connectivity index (χ1v) is 7.27. The van der Waals surface area contributed by atoms with Crippen LogP contribution in [0.5, 0.6) is 0 Å². The number of likely N-dealkylation sites (tertiary alicyclic amines) is 1. The minimum atomic E-state index is -1.00. The van der Waals surface area contributed by atoms with Gasteiger partial charge in [-0.1, -0.05) is 0 Å². The van der Waals surface area contributed by atoms with Gasteiger partial charge in [0, 0.05) is 24.0 Å². The van der Waals surface area contributed by atoms with E-state index < -0.39 is 23.7 Å². The third kappa shape index (κ3) is 3.27. The van der Waals surface area contributed by atoms with Crippen LogP contribution in [0.2, 0.25) is 0 Å². The second-order valence-electron chi connectivity index (χ2n) is 5.79. The van der Waals surface area contributed by atoms with Gasteiger partial charge in [-0.15, -0.1) is 11.3 Å². The van der Waals surface area contributed by atoms with Crippen LogP contribution < -0.4 is 0 Å². The van der Waals surface area contributed by atoms with E-state index in [0.717, 1.165) is 5.01 Å². The molecule has 1 N–H and O–H groups in total. The van der Waals surface area contributed by atoms with Crippen LogP contribution in [-0.2, 0) is 9.53 Å². The molecule has 6 nitrogen and oxygen atoms in total. The third-order valence-electron chi connectivity index (χ3n) is 3.01. The Bertz CT molecular complexity index is 495. The molecule has 2 rings (SSSR count). The first kappa shape index (κ1) is 14.8. The van der Waals surface area contributed by atoms with Crippen LogP contribution >= 0.6 is 11.3 Å². The summed E-state index contributed by atoms with van der Waals surface area (Å²) < 4.78 is 5.27. The van der Waals surface area contributed by atoms with Gasteiger partial charge in [-0.25, -0.2) is 14.6 Å². The van der Waals surface area contributed by atoms with E-state index in [2.05, 4.69) is 4.98 Å². The molecule has 1 aromatic heterocycles. The van der Waals surface area contributed by atoms with Crippen molar-refractivity contribution < 1.29 is 19.4 Å². The van der Waals surface area contributed by atoms with E-state index in [4.69, 9.17) is 4.74 Å². The molecule has 1 saturated heterocycles. The SMILES string of the molecule is CC(C)(C)OC(=O)N1CC(c2nccs2)CC1C(=O)O. The summed E-state index contributed by atoms with van der Waals surface area (Å²) in [6.07, 6.45) is 1.48. The number of rotatable bonds is 2. The van der Waals surface area contributed by atoms with E-state index in [0.29, 0.717) is 13.0 Å². The summed E-state index contributed by atoms with van der Waals surface area (Å²) in [6, 6.07) is -0.848. The highest BCUT2D eigenvalue weighted by atomic mass is 32.1. The normalized spacial score (nSPS) is 22.9. The van der Waals surface area contributed by atoms with Crippen molar-refractivity contribution in [3.05, 3.63) is 16.6 Å². The van der Waals surface area contributed by atoms with Gasteiger partial charge in [0.15, 0.2) is 0 Å². The molecule has 0 aromatic carbocycles. The lowest BCUT2D eigenvalue weighted by atomic mass is 10.1. The first-order valence-electron chi connectivity index (χ1n) is 6.40. The van der Waals surface area contributed by atoms with Gasteiger partial charge in [0.1, 0.15) is 11.6 Å². The molecule has 20 heavy (non-hydrogen) atoms. The summed E-state index contributed by atoms with van der Waals surface area (Å²) in [4.78, 5) is 28.9. The summed E-state index contributed by atoms with van der Waals surface area (Å²) in [5.41, 5.74) is -0.639. The van der Waals surface area contributed by atoms with Gasteiger partial charge >= 0.3 is 12.1 Å². The first-order chi connectivity index (χ1) is 9.28. The number of amides is 1. The van der Waals surface area contributed by atoms with Crippen molar-refractivity contribution in [2.45, 2.75) is 44.8 Å². The zero-order valence-electron chi connectivity index (χ0n) is 11.7. The Balaban J connectivity index is 2.14. The third-order valence-corrected chi connectivity index (χ3v) is 3.95. The van der Waals surface area contributed by atoms with Crippen molar-refractivity contribution in [1.29, 1.82) is 0 Å². The molecule has 0 spiro atoms. The van der Waals surface area contributed by atoms with Crippen LogP contribution in [0.3, 0.4) is 0 Å². The topological polar surface area (TPSA) is 79.7 Å². The molecule has 7 heteroatoms. The minimum absolute atomic E-state index is 0.0383. The lowest BCUT2D eigenvalue weighted by molar-refractivity contribution is -0.142. The van der Waals surface area contributed by atoms with Gasteiger partial charge in [0.2, 0.25) is 0 Å². The highest BCUT2D eigenvalue weighted by Crippen LogP contribution is 2.33. The van der Waals surface area contributed by atoms with E-state index in [9.17, 15) is 14.7 Å². The van der Waals surface area contributed by atoms with Crippen molar-refractivity contribution in [1.82, 2.24) is 9.88 Å². The molecular formula is C13H18N2O4S. The number of carbonyl (C=O) groups excluding carboxylic acids is 1. The molecule has 1 amide bonds. The summed E-state index contributed by atoms with van der Waals surface area (Å²) in [5.74, 6) is -1.04. The number of carboxylic acids is 1. The van der Waals surface area contributed by atoms with E-state index in [1.807, 2.05) is 5.38 Å². The average molecular weight is 298 g/mol. The Labute approximate surface area is 121 Å². The van der Waals surface area contributed by atoms with Crippen molar-refractivity contribution in [2.75, 3.05) is 6.54 Å². The highest BCUT2D eigenvalue weighted by Gasteiger charge is 2.42. The Morgan fingerprint density at radius 1 is 1.50 bits per heavy atom. The van der Waals surface area contributed by atoms with E-state index in [1.54, 1.807) is 27.0 Å². The van der Waals surface area contributed by atoms with Crippen molar-refractivity contribution in [2.24, 2.45) is 0 Å². The number of aliphatic carboxylic acids is 1. The van der Waals surface area contributed by atoms with Gasteiger partial charge in [0.25, 0.3) is 0 Å². The Morgan fingerprint density at radius 3 is 2.70 bits per heavy atom. The molecule has 0 saturated carbocycles. The fraction of sp³-hybridized carbons (Fsp3) is 0.615. The number of carboxylic acid groups (broad SMARTS) is 1. The fourth-order valence-electron chi connectivity index (χ4n) is 2.21. The average Bonchev–Trinajstić information content (AvgIpc) is 2.95. The predicted molar refractivity (Wildman–Crippen MR) is 73.8 cm³/mol. The molecular weight excluding hydrogens is 280 g/mol. The highest BCUT2D eigenvalue weighted by molar-refractivity contribution is 7.09. The molecule has 0 radical (unpaired) electrons. The van der Waals surface area contributed by atoms with Gasteiger partial charge in [-0.3, -0.25) is 4.90 Å². The summed E-state index contributed by atoms with van der Waals surface area (Å²) in [7, 11) is 0. The number of nitrogens with zero attached hydrogens (tertiary/aromatic N) is 2. The van der Waals surface area contributed by atoms with Crippen molar-refractivity contribution in [3.63, 3.8) is 0 Å². The van der Waals surface area contributed by atoms with Gasteiger partial charge in [-0.05, 0) is 27.2 Å². The maximum Gasteiger partial charge on any atom is 0.411 e. The molecule has 1 aliphatic rings. The van der Waals surface area contributed by atoms with Crippen molar-refractivity contribution >= 4 is 23.4 Å². The predicted octanol–water partition coefficient (Wildman–Crippen LogP) is 2.32. The molecule has 110 valence electrons. The number of hydrogen-bond acceptors (Lipinski definition) is 5. The molecule has 1 aromatic rings. The van der Waals surface area contributed by atoms with E-state index >= 15 is 0 Å². The van der Waals surface area contributed by atoms with E-state index in [-0.39, 0.29) is 5.92 Å². The largest absolute Gasteiger partial charge is 0.480 e. The molecule has 0 aliphatic carbocycles. The zero-order chi connectivity index (χ0) is 14.9. The maximum atomic E-state index is 12.1. The zero-order valence-corrected chi connectivity index (χ0v) is 12.5. The van der Waals surface area contributed by atoms with Crippen LogP contribution in [0.4, 0.5) is 4.79 Å². The fourth-order valence-corrected chi connectivity index (χ4v) is 2.95. The summed E-state index contributed by atoms with van der Waals surface area (Å²) >= 11 is 1.48. The molecule has 2 heterocycles. The van der Waals surface area contributed by atoms with Crippen LogP contribution in [0.15, 0.2) is 11.6 Å². The molecule has 2 atom stereocenters. The maximum absolute atomic E-state index is 12.1. The number of hydrogen-bond donors (Lipinski definition) is 1. The smallest absolute Gasteiger partial charge is 0.411 e. The Morgan fingerprint density at radius 2 is 2.20 bits per heavy atom.